The SMILES string of the molecule is CCCC(=O)ON=c1oc2ccccc2cc1C(=O)Nc1ccccc1F. The number of carbonyl (C=O) groups is 2. The van der Waals surface area contributed by atoms with Crippen molar-refractivity contribution in [3.05, 3.63) is 71.5 Å². The first-order valence-electron chi connectivity index (χ1n) is 8.41. The number of hydrogen-bond acceptors (Lipinski definition) is 5. The summed E-state index contributed by atoms with van der Waals surface area (Å²) in [6.07, 6.45) is 0.789. The molecule has 0 saturated carbocycles. The highest BCUT2D eigenvalue weighted by atomic mass is 19.1. The Hall–Kier alpha value is -3.48. The van der Waals surface area contributed by atoms with Crippen molar-refractivity contribution in [2.24, 2.45) is 5.16 Å². The van der Waals surface area contributed by atoms with Crippen LogP contribution >= 0.6 is 0 Å². The highest BCUT2D eigenvalue weighted by Crippen LogP contribution is 2.16. The van der Waals surface area contributed by atoms with Gasteiger partial charge in [0.25, 0.3) is 11.5 Å². The molecule has 0 aliphatic rings. The summed E-state index contributed by atoms with van der Waals surface area (Å²) >= 11 is 0. The molecule has 1 aromatic heterocycles. The lowest BCUT2D eigenvalue weighted by Crippen LogP contribution is -2.23. The molecule has 1 N–H and O–H groups in total. The molecule has 2 aromatic carbocycles. The average Bonchev–Trinajstić information content (AvgIpc) is 2.67. The van der Waals surface area contributed by atoms with Crippen molar-refractivity contribution in [1.29, 1.82) is 0 Å². The lowest BCUT2D eigenvalue weighted by atomic mass is 10.1. The van der Waals surface area contributed by atoms with Crippen LogP contribution in [0.1, 0.15) is 30.1 Å². The number of anilines is 1. The number of nitrogens with one attached hydrogen (secondary N) is 1. The second-order valence-electron chi connectivity index (χ2n) is 5.74. The molecule has 1 heterocycles. The van der Waals surface area contributed by atoms with Crippen molar-refractivity contribution in [2.45, 2.75) is 19.8 Å². The first-order chi connectivity index (χ1) is 13.1. The summed E-state index contributed by atoms with van der Waals surface area (Å²) in [5.41, 5.74) is 0.322. The van der Waals surface area contributed by atoms with Gasteiger partial charge in [0.05, 0.1) is 5.69 Å². The minimum absolute atomic E-state index is 0.0150. The van der Waals surface area contributed by atoms with Crippen LogP contribution in [0, 0.1) is 5.82 Å². The monoisotopic (exact) mass is 368 g/mol. The standard InChI is InChI=1S/C20H17FN2O4/c1-2-7-18(24)27-23-20-14(12-13-8-3-6-11-17(13)26-20)19(25)22-16-10-5-4-9-15(16)21/h3-6,8-12H,2,7H2,1H3,(H,22,25). The van der Waals surface area contributed by atoms with Gasteiger partial charge in [-0.2, -0.15) is 0 Å². The highest BCUT2D eigenvalue weighted by molar-refractivity contribution is 6.05. The number of para-hydroxylation sites is 2. The molecule has 6 nitrogen and oxygen atoms in total. The van der Waals surface area contributed by atoms with Gasteiger partial charge < -0.3 is 14.6 Å². The van der Waals surface area contributed by atoms with Crippen LogP contribution in [0.5, 0.6) is 0 Å². The van der Waals surface area contributed by atoms with E-state index in [0.29, 0.717) is 17.4 Å². The molecule has 27 heavy (non-hydrogen) atoms. The van der Waals surface area contributed by atoms with Crippen molar-refractivity contribution in [3.63, 3.8) is 0 Å². The van der Waals surface area contributed by atoms with E-state index in [2.05, 4.69) is 10.5 Å². The van der Waals surface area contributed by atoms with E-state index in [9.17, 15) is 14.0 Å². The molecule has 0 radical (unpaired) electrons. The fourth-order valence-electron chi connectivity index (χ4n) is 2.39. The van der Waals surface area contributed by atoms with E-state index in [1.54, 1.807) is 36.4 Å². The summed E-state index contributed by atoms with van der Waals surface area (Å²) in [6.45, 7) is 1.83. The largest absolute Gasteiger partial charge is 0.435 e. The van der Waals surface area contributed by atoms with Crippen molar-refractivity contribution < 1.29 is 23.2 Å². The number of amides is 1. The third kappa shape index (κ3) is 4.38. The van der Waals surface area contributed by atoms with Gasteiger partial charge >= 0.3 is 5.97 Å². The van der Waals surface area contributed by atoms with Crippen LogP contribution in [-0.4, -0.2) is 11.9 Å². The normalized spacial score (nSPS) is 11.4. The van der Waals surface area contributed by atoms with Gasteiger partial charge in [-0.25, -0.2) is 9.18 Å². The van der Waals surface area contributed by atoms with Crippen LogP contribution < -0.4 is 10.9 Å². The van der Waals surface area contributed by atoms with E-state index in [1.165, 1.54) is 18.2 Å². The zero-order valence-corrected chi connectivity index (χ0v) is 14.6. The molecule has 0 fully saturated rings. The fraction of sp³-hybridized carbons (Fsp3) is 0.150. The zero-order valence-electron chi connectivity index (χ0n) is 14.6. The van der Waals surface area contributed by atoms with Gasteiger partial charge in [0.1, 0.15) is 17.0 Å². The molecule has 3 aromatic rings. The molecule has 0 unspecified atom stereocenters. The number of nitrogens with zero attached hydrogens (tertiary/aromatic N) is 1. The summed E-state index contributed by atoms with van der Waals surface area (Å²) in [5, 5.41) is 6.81. The summed E-state index contributed by atoms with van der Waals surface area (Å²) in [6, 6.07) is 14.3. The molecule has 0 saturated heterocycles. The van der Waals surface area contributed by atoms with Crippen molar-refractivity contribution in [1.82, 2.24) is 0 Å². The molecule has 0 aliphatic heterocycles. The number of hydrogen-bond donors (Lipinski definition) is 1. The van der Waals surface area contributed by atoms with Gasteiger partial charge in [0.15, 0.2) is 0 Å². The van der Waals surface area contributed by atoms with Crippen LogP contribution in [0.3, 0.4) is 0 Å². The smallest absolute Gasteiger partial charge is 0.335 e. The Morgan fingerprint density at radius 3 is 2.67 bits per heavy atom. The Morgan fingerprint density at radius 2 is 1.89 bits per heavy atom. The maximum Gasteiger partial charge on any atom is 0.335 e. The molecule has 7 heteroatoms. The lowest BCUT2D eigenvalue weighted by Gasteiger charge is -2.07. The van der Waals surface area contributed by atoms with Gasteiger partial charge in [-0.15, -0.1) is 0 Å². The van der Waals surface area contributed by atoms with E-state index in [-0.39, 0.29) is 23.2 Å². The highest BCUT2D eigenvalue weighted by Gasteiger charge is 2.15. The molecule has 138 valence electrons. The quantitative estimate of drug-likeness (QED) is 0.545. The maximum atomic E-state index is 13.8. The number of fused-ring (bicyclic) bond motifs is 1. The third-order valence-electron chi connectivity index (χ3n) is 3.71. The molecule has 3 rings (SSSR count). The second kappa shape index (κ2) is 8.27. The number of rotatable bonds is 5. The first kappa shape index (κ1) is 18.3. The van der Waals surface area contributed by atoms with Gasteiger partial charge in [-0.1, -0.05) is 37.3 Å². The molecule has 0 aliphatic carbocycles. The summed E-state index contributed by atoms with van der Waals surface area (Å²) in [7, 11) is 0. The lowest BCUT2D eigenvalue weighted by molar-refractivity contribution is -0.144. The zero-order chi connectivity index (χ0) is 19.2. The fourth-order valence-corrected chi connectivity index (χ4v) is 2.39. The van der Waals surface area contributed by atoms with Crippen molar-refractivity contribution >= 4 is 28.5 Å². The minimum atomic E-state index is -0.639. The van der Waals surface area contributed by atoms with E-state index < -0.39 is 17.7 Å². The number of benzene rings is 2. The van der Waals surface area contributed by atoms with Crippen LogP contribution in [0.4, 0.5) is 10.1 Å². The summed E-state index contributed by atoms with van der Waals surface area (Å²) in [4.78, 5) is 29.1. The van der Waals surface area contributed by atoms with E-state index in [4.69, 9.17) is 9.25 Å². The summed E-state index contributed by atoms with van der Waals surface area (Å²) in [5.74, 6) is -1.75. The van der Waals surface area contributed by atoms with Crippen LogP contribution in [0.2, 0.25) is 0 Å². The van der Waals surface area contributed by atoms with Crippen LogP contribution in [-0.2, 0) is 9.63 Å². The Morgan fingerprint density at radius 1 is 1.15 bits per heavy atom. The van der Waals surface area contributed by atoms with E-state index >= 15 is 0 Å². The molecule has 0 spiro atoms. The van der Waals surface area contributed by atoms with Gasteiger partial charge in [-0.05, 0) is 35.8 Å². The van der Waals surface area contributed by atoms with Crippen molar-refractivity contribution in [2.75, 3.05) is 5.32 Å². The first-order valence-corrected chi connectivity index (χ1v) is 8.41. The predicted octanol–water partition coefficient (Wildman–Crippen LogP) is 3.98. The second-order valence-corrected chi connectivity index (χ2v) is 5.74. The maximum absolute atomic E-state index is 13.8. The Kier molecular flexibility index (Phi) is 5.61. The van der Waals surface area contributed by atoms with Crippen LogP contribution in [0.25, 0.3) is 11.0 Å². The van der Waals surface area contributed by atoms with Gasteiger partial charge in [0.2, 0.25) is 0 Å². The summed E-state index contributed by atoms with van der Waals surface area (Å²) < 4.78 is 19.4. The third-order valence-corrected chi connectivity index (χ3v) is 3.71. The number of carbonyl (C=O) groups excluding carboxylic acids is 2. The van der Waals surface area contributed by atoms with Gasteiger partial charge in [0, 0.05) is 11.8 Å². The number of halogens is 1. The molecule has 1 amide bonds. The van der Waals surface area contributed by atoms with Gasteiger partial charge in [-0.3, -0.25) is 4.79 Å². The topological polar surface area (TPSA) is 80.9 Å². The molecule has 0 bridgehead atoms. The Labute approximate surface area is 154 Å². The van der Waals surface area contributed by atoms with Crippen molar-refractivity contribution in [3.8, 4) is 0 Å². The Balaban J connectivity index is 2.02. The average molecular weight is 368 g/mol. The molecular formula is C20H17FN2O4. The molecule has 0 atom stereocenters. The molecular weight excluding hydrogens is 351 g/mol. The van der Waals surface area contributed by atoms with E-state index in [0.717, 1.165) is 0 Å². The predicted molar refractivity (Wildman–Crippen MR) is 97.1 cm³/mol. The minimum Gasteiger partial charge on any atom is -0.435 e. The Bertz CT molecular complexity index is 1060. The van der Waals surface area contributed by atoms with Crippen LogP contribution in [0.15, 0.2) is 64.2 Å². The van der Waals surface area contributed by atoms with E-state index in [1.807, 2.05) is 6.92 Å².